The molecule has 0 aliphatic carbocycles. The van der Waals surface area contributed by atoms with Gasteiger partial charge in [-0.3, -0.25) is 15.1 Å². The van der Waals surface area contributed by atoms with Crippen molar-refractivity contribution in [2.75, 3.05) is 38.0 Å². The number of pyridine rings is 1. The number of carbonyl (C=O) groups excluding carboxylic acids is 1. The fourth-order valence-electron chi connectivity index (χ4n) is 4.07. The molecule has 3 heterocycles. The maximum Gasteiger partial charge on any atom is 0.416 e. The molecule has 0 atom stereocenters. The number of benzene rings is 1. The quantitative estimate of drug-likeness (QED) is 0.397. The van der Waals surface area contributed by atoms with Crippen LogP contribution in [0.2, 0.25) is 5.02 Å². The molecule has 12 heteroatoms. The zero-order valence-corrected chi connectivity index (χ0v) is 20.0. The van der Waals surface area contributed by atoms with E-state index in [0.717, 1.165) is 44.9 Å². The molecule has 35 heavy (non-hydrogen) atoms. The SMILES string of the molecule is CC(=N)N1CCN(CCn2nc(C)c3c(Cl)c(C(=O)Nc4ccc(C(F)(F)F)cc4)cnc32)CC1. The highest BCUT2D eigenvalue weighted by Gasteiger charge is 2.30. The fourth-order valence-corrected chi connectivity index (χ4v) is 4.43. The number of piperazine rings is 1. The van der Waals surface area contributed by atoms with Crippen LogP contribution in [-0.2, 0) is 12.7 Å². The summed E-state index contributed by atoms with van der Waals surface area (Å²) < 4.78 is 40.0. The Labute approximate surface area is 205 Å². The van der Waals surface area contributed by atoms with Crippen LogP contribution in [0, 0.1) is 12.3 Å². The summed E-state index contributed by atoms with van der Waals surface area (Å²) in [5.41, 5.74) is 0.717. The number of amidine groups is 1. The van der Waals surface area contributed by atoms with E-state index in [1.54, 1.807) is 18.5 Å². The lowest BCUT2D eigenvalue weighted by molar-refractivity contribution is -0.137. The largest absolute Gasteiger partial charge is 0.416 e. The van der Waals surface area contributed by atoms with Crippen LogP contribution in [0.25, 0.3) is 11.0 Å². The number of aromatic nitrogens is 3. The normalized spacial score (nSPS) is 15.0. The average Bonchev–Trinajstić information content (AvgIpc) is 3.14. The van der Waals surface area contributed by atoms with Gasteiger partial charge < -0.3 is 10.2 Å². The second kappa shape index (κ2) is 9.82. The van der Waals surface area contributed by atoms with Crippen LogP contribution in [0.1, 0.15) is 28.5 Å². The molecule has 3 aromatic rings. The van der Waals surface area contributed by atoms with Gasteiger partial charge in [-0.05, 0) is 38.1 Å². The summed E-state index contributed by atoms with van der Waals surface area (Å²) in [5.74, 6) is 0.00558. The van der Waals surface area contributed by atoms with E-state index >= 15 is 0 Å². The highest BCUT2D eigenvalue weighted by Crippen LogP contribution is 2.31. The Morgan fingerprint density at radius 3 is 2.40 bits per heavy atom. The molecule has 1 aromatic carbocycles. The third-order valence-electron chi connectivity index (χ3n) is 6.06. The van der Waals surface area contributed by atoms with Gasteiger partial charge in [-0.1, -0.05) is 11.6 Å². The molecular weight excluding hydrogens is 483 g/mol. The van der Waals surface area contributed by atoms with Gasteiger partial charge in [-0.25, -0.2) is 9.67 Å². The molecule has 0 unspecified atom stereocenters. The van der Waals surface area contributed by atoms with Crippen LogP contribution in [0.5, 0.6) is 0 Å². The van der Waals surface area contributed by atoms with Crippen LogP contribution >= 0.6 is 11.6 Å². The number of halogens is 4. The first-order chi connectivity index (χ1) is 16.5. The van der Waals surface area contributed by atoms with Crippen molar-refractivity contribution < 1.29 is 18.0 Å². The van der Waals surface area contributed by atoms with E-state index < -0.39 is 17.6 Å². The van der Waals surface area contributed by atoms with Gasteiger partial charge in [0.25, 0.3) is 5.91 Å². The number of fused-ring (bicyclic) bond motifs is 1. The molecule has 1 saturated heterocycles. The summed E-state index contributed by atoms with van der Waals surface area (Å²) >= 11 is 6.56. The van der Waals surface area contributed by atoms with E-state index in [2.05, 4.69) is 20.3 Å². The second-order valence-electron chi connectivity index (χ2n) is 8.44. The van der Waals surface area contributed by atoms with Crippen LogP contribution in [0.15, 0.2) is 30.5 Å². The number of rotatable bonds is 5. The third kappa shape index (κ3) is 5.40. The fraction of sp³-hybridized carbons (Fsp3) is 0.391. The van der Waals surface area contributed by atoms with Crippen LogP contribution in [0.3, 0.4) is 0 Å². The number of alkyl halides is 3. The Kier molecular flexibility index (Phi) is 7.00. The first kappa shape index (κ1) is 24.9. The molecule has 1 amide bonds. The summed E-state index contributed by atoms with van der Waals surface area (Å²) in [4.78, 5) is 21.5. The molecule has 0 bridgehead atoms. The van der Waals surface area contributed by atoms with Crippen molar-refractivity contribution in [3.8, 4) is 0 Å². The zero-order valence-electron chi connectivity index (χ0n) is 19.3. The minimum atomic E-state index is -4.45. The summed E-state index contributed by atoms with van der Waals surface area (Å²) in [6.07, 6.45) is -3.10. The number of aryl methyl sites for hydroxylation is 1. The standard InChI is InChI=1S/C23H25ClF3N7O/c1-14-19-20(24)18(22(35)30-17-5-3-16(4-6-17)23(25,26)27)13-29-21(19)34(31-14)12-9-32-7-10-33(11-8-32)15(2)28/h3-6,13,28H,7-12H2,1-2H3,(H,30,35). The van der Waals surface area contributed by atoms with Gasteiger partial charge >= 0.3 is 6.18 Å². The Hall–Kier alpha value is -3.18. The number of carbonyl (C=O) groups is 1. The summed E-state index contributed by atoms with van der Waals surface area (Å²) in [6.45, 7) is 8.28. The molecule has 2 N–H and O–H groups in total. The van der Waals surface area contributed by atoms with Gasteiger partial charge in [-0.15, -0.1) is 0 Å². The first-order valence-corrected chi connectivity index (χ1v) is 11.4. The third-order valence-corrected chi connectivity index (χ3v) is 6.45. The molecule has 2 aromatic heterocycles. The van der Waals surface area contributed by atoms with E-state index in [0.29, 0.717) is 29.1 Å². The van der Waals surface area contributed by atoms with Gasteiger partial charge in [0.1, 0.15) is 0 Å². The maximum atomic E-state index is 12.8. The number of hydrogen-bond acceptors (Lipinski definition) is 5. The van der Waals surface area contributed by atoms with E-state index in [1.165, 1.54) is 18.3 Å². The lowest BCUT2D eigenvalue weighted by Crippen LogP contribution is -2.48. The Balaban J connectivity index is 1.47. The van der Waals surface area contributed by atoms with E-state index in [4.69, 9.17) is 17.0 Å². The van der Waals surface area contributed by atoms with E-state index in [9.17, 15) is 18.0 Å². The van der Waals surface area contributed by atoms with Crippen molar-refractivity contribution in [3.63, 3.8) is 0 Å². The molecule has 1 fully saturated rings. The maximum absolute atomic E-state index is 12.8. The van der Waals surface area contributed by atoms with E-state index in [-0.39, 0.29) is 16.3 Å². The van der Waals surface area contributed by atoms with Crippen molar-refractivity contribution in [2.45, 2.75) is 26.6 Å². The monoisotopic (exact) mass is 507 g/mol. The Bertz CT molecular complexity index is 1250. The Morgan fingerprint density at radius 1 is 1.14 bits per heavy atom. The molecule has 0 spiro atoms. The molecule has 1 aliphatic rings. The zero-order chi connectivity index (χ0) is 25.3. The van der Waals surface area contributed by atoms with Crippen molar-refractivity contribution in [3.05, 3.63) is 52.3 Å². The first-order valence-electron chi connectivity index (χ1n) is 11.1. The second-order valence-corrected chi connectivity index (χ2v) is 8.81. The lowest BCUT2D eigenvalue weighted by atomic mass is 10.1. The Morgan fingerprint density at radius 2 is 1.80 bits per heavy atom. The highest BCUT2D eigenvalue weighted by atomic mass is 35.5. The molecule has 0 radical (unpaired) electrons. The predicted molar refractivity (Wildman–Crippen MR) is 128 cm³/mol. The van der Waals surface area contributed by atoms with Crippen molar-refractivity contribution in [1.82, 2.24) is 24.6 Å². The molecule has 8 nitrogen and oxygen atoms in total. The average molecular weight is 508 g/mol. The predicted octanol–water partition coefficient (Wildman–Crippen LogP) is 4.28. The van der Waals surface area contributed by atoms with Crippen molar-refractivity contribution in [2.24, 2.45) is 0 Å². The van der Waals surface area contributed by atoms with Gasteiger partial charge in [0.05, 0.1) is 39.6 Å². The molecule has 0 saturated carbocycles. The summed E-state index contributed by atoms with van der Waals surface area (Å²) in [6, 6.07) is 4.18. The van der Waals surface area contributed by atoms with Crippen molar-refractivity contribution >= 4 is 40.1 Å². The molecule has 186 valence electrons. The number of nitrogens with zero attached hydrogens (tertiary/aromatic N) is 5. The topological polar surface area (TPSA) is 90.1 Å². The smallest absolute Gasteiger partial charge is 0.358 e. The van der Waals surface area contributed by atoms with Crippen molar-refractivity contribution in [1.29, 1.82) is 5.41 Å². The van der Waals surface area contributed by atoms with Crippen LogP contribution in [0.4, 0.5) is 18.9 Å². The minimum Gasteiger partial charge on any atom is -0.358 e. The van der Waals surface area contributed by atoms with Crippen LogP contribution in [-0.4, -0.2) is 69.0 Å². The summed E-state index contributed by atoms with van der Waals surface area (Å²) in [7, 11) is 0. The van der Waals surface area contributed by atoms with Gasteiger partial charge in [0.2, 0.25) is 0 Å². The molecular formula is C23H25ClF3N7O. The lowest BCUT2D eigenvalue weighted by Gasteiger charge is -2.35. The van der Waals surface area contributed by atoms with Gasteiger partial charge in [0.15, 0.2) is 5.65 Å². The summed E-state index contributed by atoms with van der Waals surface area (Å²) in [5, 5.41) is 15.6. The number of anilines is 1. The van der Waals surface area contributed by atoms with Gasteiger partial charge in [-0.2, -0.15) is 18.3 Å². The number of nitrogens with one attached hydrogen (secondary N) is 2. The van der Waals surface area contributed by atoms with Gasteiger partial charge in [0, 0.05) is 44.6 Å². The molecule has 1 aliphatic heterocycles. The number of hydrogen-bond donors (Lipinski definition) is 2. The highest BCUT2D eigenvalue weighted by molar-refractivity contribution is 6.39. The molecule has 4 rings (SSSR count). The van der Waals surface area contributed by atoms with Crippen LogP contribution < -0.4 is 5.32 Å². The van der Waals surface area contributed by atoms with E-state index in [1.807, 2.05) is 4.90 Å². The minimum absolute atomic E-state index is 0.111. The number of amides is 1.